The third-order valence-electron chi connectivity index (χ3n) is 2.35. The lowest BCUT2D eigenvalue weighted by Gasteiger charge is -2.03. The minimum absolute atomic E-state index is 0.138. The van der Waals surface area contributed by atoms with Crippen molar-refractivity contribution < 1.29 is 19.1 Å². The van der Waals surface area contributed by atoms with E-state index < -0.39 is 0 Å². The Kier molecular flexibility index (Phi) is 5.81. The van der Waals surface area contributed by atoms with Crippen molar-refractivity contribution in [1.82, 2.24) is 0 Å². The van der Waals surface area contributed by atoms with Crippen LogP contribution in [0.4, 0.5) is 0 Å². The second kappa shape index (κ2) is 7.26. The molecule has 1 aliphatic heterocycles. The van der Waals surface area contributed by atoms with Crippen LogP contribution in [0.3, 0.4) is 0 Å². The highest BCUT2D eigenvalue weighted by atomic mass is 16.5. The zero-order chi connectivity index (χ0) is 10.9. The van der Waals surface area contributed by atoms with Gasteiger partial charge in [0, 0.05) is 0 Å². The van der Waals surface area contributed by atoms with E-state index in [9.17, 15) is 9.59 Å². The lowest BCUT2D eigenvalue weighted by atomic mass is 10.1. The number of esters is 2. The molecule has 1 fully saturated rings. The number of rotatable bonds is 0. The first-order valence-electron chi connectivity index (χ1n) is 5.60. The molecule has 0 amide bonds. The normalized spacial score (nSPS) is 21.6. The molecule has 0 saturated carbocycles. The van der Waals surface area contributed by atoms with Gasteiger partial charge in [0.15, 0.2) is 0 Å². The van der Waals surface area contributed by atoms with E-state index in [1.54, 1.807) is 0 Å². The van der Waals surface area contributed by atoms with Gasteiger partial charge in [0.05, 0.1) is 26.1 Å². The first kappa shape index (κ1) is 12.0. The maximum absolute atomic E-state index is 11.1. The second-order valence-corrected chi connectivity index (χ2v) is 3.71. The number of carbonyl (C=O) groups excluding carboxylic acids is 2. The van der Waals surface area contributed by atoms with E-state index in [0.29, 0.717) is 13.2 Å². The molecular weight excluding hydrogens is 196 g/mol. The Morgan fingerprint density at radius 3 is 1.53 bits per heavy atom. The fraction of sp³-hybridized carbons (Fsp3) is 0.818. The van der Waals surface area contributed by atoms with Crippen LogP contribution in [0.5, 0.6) is 0 Å². The number of hydrogen-bond acceptors (Lipinski definition) is 4. The SMILES string of the molecule is O=C1CCC(=O)OCCCCCCCO1. The van der Waals surface area contributed by atoms with Crippen molar-refractivity contribution in [2.24, 2.45) is 0 Å². The van der Waals surface area contributed by atoms with Crippen molar-refractivity contribution in [2.45, 2.75) is 44.9 Å². The van der Waals surface area contributed by atoms with E-state index >= 15 is 0 Å². The Hall–Kier alpha value is -1.06. The van der Waals surface area contributed by atoms with E-state index in [0.717, 1.165) is 32.1 Å². The highest BCUT2D eigenvalue weighted by Gasteiger charge is 2.09. The van der Waals surface area contributed by atoms with Crippen LogP contribution in [0.25, 0.3) is 0 Å². The Morgan fingerprint density at radius 2 is 1.07 bits per heavy atom. The van der Waals surface area contributed by atoms with Gasteiger partial charge in [-0.3, -0.25) is 9.59 Å². The van der Waals surface area contributed by atoms with Gasteiger partial charge in [0.1, 0.15) is 0 Å². The Morgan fingerprint density at radius 1 is 0.667 bits per heavy atom. The molecule has 1 rings (SSSR count). The average molecular weight is 214 g/mol. The Balaban J connectivity index is 2.28. The van der Waals surface area contributed by atoms with Crippen LogP contribution in [0, 0.1) is 0 Å². The minimum atomic E-state index is -0.300. The van der Waals surface area contributed by atoms with Crippen LogP contribution in [0.15, 0.2) is 0 Å². The molecule has 1 aliphatic rings. The lowest BCUT2D eigenvalue weighted by molar-refractivity contribution is -0.150. The van der Waals surface area contributed by atoms with Gasteiger partial charge in [0.25, 0.3) is 0 Å². The molecule has 0 unspecified atom stereocenters. The summed E-state index contributed by atoms with van der Waals surface area (Å²) < 4.78 is 9.91. The molecule has 0 aliphatic carbocycles. The van der Waals surface area contributed by atoms with Gasteiger partial charge in [0.2, 0.25) is 0 Å². The van der Waals surface area contributed by atoms with E-state index in [-0.39, 0.29) is 24.8 Å². The number of hydrogen-bond donors (Lipinski definition) is 0. The van der Waals surface area contributed by atoms with Gasteiger partial charge in [-0.15, -0.1) is 0 Å². The predicted octanol–water partition coefficient (Wildman–Crippen LogP) is 1.82. The fourth-order valence-electron chi connectivity index (χ4n) is 1.45. The summed E-state index contributed by atoms with van der Waals surface area (Å²) in [7, 11) is 0. The van der Waals surface area contributed by atoms with Gasteiger partial charge in [-0.1, -0.05) is 19.3 Å². The van der Waals surface area contributed by atoms with Crippen LogP contribution in [-0.2, 0) is 19.1 Å². The molecule has 0 aromatic rings. The van der Waals surface area contributed by atoms with E-state index in [1.165, 1.54) is 0 Å². The van der Waals surface area contributed by atoms with Gasteiger partial charge < -0.3 is 9.47 Å². The Labute approximate surface area is 89.9 Å². The van der Waals surface area contributed by atoms with Crippen LogP contribution >= 0.6 is 0 Å². The minimum Gasteiger partial charge on any atom is -0.466 e. The molecule has 4 heteroatoms. The first-order chi connectivity index (χ1) is 7.29. The molecule has 0 spiro atoms. The average Bonchev–Trinajstić information content (AvgIpc) is 2.24. The summed E-state index contributed by atoms with van der Waals surface area (Å²) in [6.07, 6.45) is 5.36. The molecule has 1 heterocycles. The van der Waals surface area contributed by atoms with Crippen LogP contribution in [0.2, 0.25) is 0 Å². The summed E-state index contributed by atoms with van der Waals surface area (Å²) in [6, 6.07) is 0. The van der Waals surface area contributed by atoms with Gasteiger partial charge in [-0.25, -0.2) is 0 Å². The monoisotopic (exact) mass is 214 g/mol. The smallest absolute Gasteiger partial charge is 0.306 e. The second-order valence-electron chi connectivity index (χ2n) is 3.71. The molecule has 0 aromatic heterocycles. The van der Waals surface area contributed by atoms with Gasteiger partial charge >= 0.3 is 11.9 Å². The van der Waals surface area contributed by atoms with Gasteiger partial charge in [-0.2, -0.15) is 0 Å². The van der Waals surface area contributed by atoms with Crippen LogP contribution < -0.4 is 0 Å². The zero-order valence-corrected chi connectivity index (χ0v) is 9.00. The number of cyclic esters (lactones) is 2. The maximum atomic E-state index is 11.1. The third-order valence-corrected chi connectivity index (χ3v) is 2.35. The fourth-order valence-corrected chi connectivity index (χ4v) is 1.45. The molecule has 0 aromatic carbocycles. The molecule has 86 valence electrons. The topological polar surface area (TPSA) is 52.6 Å². The highest BCUT2D eigenvalue weighted by molar-refractivity contribution is 5.77. The van der Waals surface area contributed by atoms with E-state index in [1.807, 2.05) is 0 Å². The van der Waals surface area contributed by atoms with Gasteiger partial charge in [-0.05, 0) is 12.8 Å². The van der Waals surface area contributed by atoms with Crippen molar-refractivity contribution in [1.29, 1.82) is 0 Å². The number of carbonyl (C=O) groups is 2. The van der Waals surface area contributed by atoms with E-state index in [4.69, 9.17) is 9.47 Å². The number of ether oxygens (including phenoxy) is 2. The van der Waals surface area contributed by atoms with Crippen LogP contribution in [0.1, 0.15) is 44.9 Å². The predicted molar refractivity (Wildman–Crippen MR) is 54.2 cm³/mol. The van der Waals surface area contributed by atoms with Crippen molar-refractivity contribution >= 4 is 11.9 Å². The standard InChI is InChI=1S/C11H18O4/c12-10-6-7-11(13)15-9-5-3-1-2-4-8-14-10/h1-9H2. The Bertz CT molecular complexity index is 191. The quantitative estimate of drug-likeness (QED) is 0.577. The molecule has 15 heavy (non-hydrogen) atoms. The summed E-state index contributed by atoms with van der Waals surface area (Å²) in [5, 5.41) is 0. The van der Waals surface area contributed by atoms with Crippen molar-refractivity contribution in [3.63, 3.8) is 0 Å². The van der Waals surface area contributed by atoms with Crippen molar-refractivity contribution in [3.8, 4) is 0 Å². The molecular formula is C11H18O4. The summed E-state index contributed by atoms with van der Waals surface area (Å²) in [5.74, 6) is -0.600. The van der Waals surface area contributed by atoms with Crippen molar-refractivity contribution in [2.75, 3.05) is 13.2 Å². The summed E-state index contributed by atoms with van der Waals surface area (Å²) in [5.41, 5.74) is 0. The summed E-state index contributed by atoms with van der Waals surface area (Å²) >= 11 is 0. The third kappa shape index (κ3) is 6.10. The molecule has 1 saturated heterocycles. The lowest BCUT2D eigenvalue weighted by Crippen LogP contribution is -2.10. The zero-order valence-electron chi connectivity index (χ0n) is 9.00. The molecule has 4 nitrogen and oxygen atoms in total. The summed E-state index contributed by atoms with van der Waals surface area (Å²) in [4.78, 5) is 22.2. The molecule has 0 N–H and O–H groups in total. The van der Waals surface area contributed by atoms with Crippen molar-refractivity contribution in [3.05, 3.63) is 0 Å². The highest BCUT2D eigenvalue weighted by Crippen LogP contribution is 2.06. The molecule has 0 atom stereocenters. The summed E-state index contributed by atoms with van der Waals surface area (Å²) in [6.45, 7) is 0.960. The first-order valence-corrected chi connectivity index (χ1v) is 5.60. The van der Waals surface area contributed by atoms with E-state index in [2.05, 4.69) is 0 Å². The maximum Gasteiger partial charge on any atom is 0.306 e. The molecule has 0 bridgehead atoms. The largest absolute Gasteiger partial charge is 0.466 e. The molecule has 0 radical (unpaired) electrons. The van der Waals surface area contributed by atoms with Crippen LogP contribution in [-0.4, -0.2) is 25.2 Å².